The highest BCUT2D eigenvalue weighted by molar-refractivity contribution is 7.89. The van der Waals surface area contributed by atoms with Gasteiger partial charge in [-0.2, -0.15) is 4.31 Å². The zero-order valence-corrected chi connectivity index (χ0v) is 15.3. The lowest BCUT2D eigenvalue weighted by Crippen LogP contribution is -2.43. The molecule has 0 bridgehead atoms. The second-order valence-corrected chi connectivity index (χ2v) is 7.74. The second kappa shape index (κ2) is 8.12. The fraction of sp³-hybridized carbons (Fsp3) is 0.333. The third-order valence-electron chi connectivity index (χ3n) is 4.45. The monoisotopic (exact) mass is 366 g/mol. The number of sulfonamides is 1. The molecule has 0 saturated carbocycles. The Morgan fingerprint density at radius 1 is 0.958 bits per heavy atom. The minimum absolute atomic E-state index is 0. The SMILES string of the molecule is CNC1CCN(S(=O)(=O)c2ccccc2-c2ccccc2)CC1.Cl. The molecule has 1 saturated heterocycles. The van der Waals surface area contributed by atoms with Crippen molar-refractivity contribution < 1.29 is 8.42 Å². The number of halogens is 1. The number of nitrogens with zero attached hydrogens (tertiary/aromatic N) is 1. The zero-order valence-electron chi connectivity index (χ0n) is 13.7. The molecule has 2 aromatic carbocycles. The predicted molar refractivity (Wildman–Crippen MR) is 100.0 cm³/mol. The van der Waals surface area contributed by atoms with Gasteiger partial charge in [0.25, 0.3) is 0 Å². The molecule has 4 nitrogen and oxygen atoms in total. The first-order chi connectivity index (χ1) is 11.1. The van der Waals surface area contributed by atoms with Gasteiger partial charge in [0.05, 0.1) is 4.90 Å². The molecule has 2 aromatic rings. The Morgan fingerprint density at radius 2 is 1.54 bits per heavy atom. The van der Waals surface area contributed by atoms with Crippen LogP contribution in [0.1, 0.15) is 12.8 Å². The van der Waals surface area contributed by atoms with Crippen LogP contribution in [-0.4, -0.2) is 38.9 Å². The summed E-state index contributed by atoms with van der Waals surface area (Å²) in [5.74, 6) is 0. The van der Waals surface area contributed by atoms with Crippen LogP contribution in [0, 0.1) is 0 Å². The Hall–Kier alpha value is -1.40. The van der Waals surface area contributed by atoms with Crippen molar-refractivity contribution in [3.8, 4) is 11.1 Å². The topological polar surface area (TPSA) is 49.4 Å². The molecule has 1 aliphatic rings. The van der Waals surface area contributed by atoms with Gasteiger partial charge in [-0.25, -0.2) is 8.42 Å². The van der Waals surface area contributed by atoms with Crippen LogP contribution >= 0.6 is 12.4 Å². The van der Waals surface area contributed by atoms with Gasteiger partial charge in [-0.15, -0.1) is 12.4 Å². The van der Waals surface area contributed by atoms with Gasteiger partial charge < -0.3 is 5.32 Å². The average molecular weight is 367 g/mol. The standard InChI is InChI=1S/C18H22N2O2S.ClH/c1-19-16-11-13-20(14-12-16)23(21,22)18-10-6-5-9-17(18)15-7-3-2-4-8-15;/h2-10,16,19H,11-14H2,1H3;1H. The van der Waals surface area contributed by atoms with Crippen LogP contribution in [-0.2, 0) is 10.0 Å². The number of hydrogen-bond donors (Lipinski definition) is 1. The molecule has 1 heterocycles. The molecule has 3 rings (SSSR count). The number of piperidine rings is 1. The van der Waals surface area contributed by atoms with Crippen LogP contribution in [0.25, 0.3) is 11.1 Å². The summed E-state index contributed by atoms with van der Waals surface area (Å²) in [4.78, 5) is 0.397. The van der Waals surface area contributed by atoms with E-state index < -0.39 is 10.0 Å². The third-order valence-corrected chi connectivity index (χ3v) is 6.41. The van der Waals surface area contributed by atoms with Gasteiger partial charge in [0.2, 0.25) is 10.0 Å². The van der Waals surface area contributed by atoms with Gasteiger partial charge >= 0.3 is 0 Å². The number of hydrogen-bond acceptors (Lipinski definition) is 3. The van der Waals surface area contributed by atoms with Crippen molar-refractivity contribution in [2.24, 2.45) is 0 Å². The molecule has 130 valence electrons. The summed E-state index contributed by atoms with van der Waals surface area (Å²) in [6.45, 7) is 1.13. The summed E-state index contributed by atoms with van der Waals surface area (Å²) in [7, 11) is -1.54. The normalized spacial score (nSPS) is 16.5. The fourth-order valence-corrected chi connectivity index (χ4v) is 4.76. The van der Waals surface area contributed by atoms with Crippen LogP contribution in [0.4, 0.5) is 0 Å². The Morgan fingerprint density at radius 3 is 2.17 bits per heavy atom. The Kier molecular flexibility index (Phi) is 6.40. The summed E-state index contributed by atoms with van der Waals surface area (Å²) < 4.78 is 27.8. The van der Waals surface area contributed by atoms with Crippen molar-refractivity contribution >= 4 is 22.4 Å². The van der Waals surface area contributed by atoms with E-state index in [9.17, 15) is 8.42 Å². The first-order valence-electron chi connectivity index (χ1n) is 7.95. The lowest BCUT2D eigenvalue weighted by Gasteiger charge is -2.31. The van der Waals surface area contributed by atoms with E-state index in [4.69, 9.17) is 0 Å². The van der Waals surface area contributed by atoms with Gasteiger partial charge in [0.1, 0.15) is 0 Å². The van der Waals surface area contributed by atoms with Crippen LogP contribution < -0.4 is 5.32 Å². The number of rotatable bonds is 4. The molecular formula is C18H23ClN2O2S. The number of benzene rings is 2. The second-order valence-electron chi connectivity index (χ2n) is 5.83. The molecule has 24 heavy (non-hydrogen) atoms. The van der Waals surface area contributed by atoms with E-state index in [0.29, 0.717) is 24.0 Å². The van der Waals surface area contributed by atoms with E-state index >= 15 is 0 Å². The van der Waals surface area contributed by atoms with Crippen LogP contribution in [0.2, 0.25) is 0 Å². The fourth-order valence-electron chi connectivity index (χ4n) is 3.07. The Balaban J connectivity index is 0.00000208. The molecule has 0 spiro atoms. The maximum atomic E-state index is 13.1. The largest absolute Gasteiger partial charge is 0.317 e. The van der Waals surface area contributed by atoms with Crippen molar-refractivity contribution in [2.75, 3.05) is 20.1 Å². The maximum Gasteiger partial charge on any atom is 0.243 e. The molecule has 1 fully saturated rings. The highest BCUT2D eigenvalue weighted by Crippen LogP contribution is 2.30. The highest BCUT2D eigenvalue weighted by atomic mass is 35.5. The molecule has 1 N–H and O–H groups in total. The van der Waals surface area contributed by atoms with Crippen molar-refractivity contribution in [2.45, 2.75) is 23.8 Å². The molecule has 0 unspecified atom stereocenters. The Labute approximate surface area is 150 Å². The van der Waals surface area contributed by atoms with Gasteiger partial charge in [-0.05, 0) is 31.5 Å². The van der Waals surface area contributed by atoms with Crippen LogP contribution in [0.5, 0.6) is 0 Å². The molecule has 0 aliphatic carbocycles. The smallest absolute Gasteiger partial charge is 0.243 e. The molecular weight excluding hydrogens is 344 g/mol. The van der Waals surface area contributed by atoms with E-state index in [1.54, 1.807) is 16.4 Å². The van der Waals surface area contributed by atoms with Crippen molar-refractivity contribution in [1.29, 1.82) is 0 Å². The molecule has 1 aliphatic heterocycles. The van der Waals surface area contributed by atoms with E-state index in [0.717, 1.165) is 24.0 Å². The predicted octanol–water partition coefficient (Wildman–Crippen LogP) is 3.15. The molecule has 0 radical (unpaired) electrons. The van der Waals surface area contributed by atoms with Crippen LogP contribution in [0.3, 0.4) is 0 Å². The summed E-state index contributed by atoms with van der Waals surface area (Å²) in [6.07, 6.45) is 1.70. The zero-order chi connectivity index (χ0) is 16.3. The average Bonchev–Trinajstić information content (AvgIpc) is 2.62. The van der Waals surface area contributed by atoms with Gasteiger partial charge in [-0.3, -0.25) is 0 Å². The van der Waals surface area contributed by atoms with Gasteiger partial charge in [-0.1, -0.05) is 48.5 Å². The van der Waals surface area contributed by atoms with E-state index in [-0.39, 0.29) is 12.4 Å². The maximum absolute atomic E-state index is 13.1. The summed E-state index contributed by atoms with van der Waals surface area (Å²) in [5.41, 5.74) is 1.70. The highest BCUT2D eigenvalue weighted by Gasteiger charge is 2.30. The van der Waals surface area contributed by atoms with E-state index in [1.807, 2.05) is 49.5 Å². The van der Waals surface area contributed by atoms with Crippen molar-refractivity contribution in [3.05, 3.63) is 54.6 Å². The van der Waals surface area contributed by atoms with E-state index in [2.05, 4.69) is 5.32 Å². The summed E-state index contributed by atoms with van der Waals surface area (Å²) in [5, 5.41) is 3.23. The summed E-state index contributed by atoms with van der Waals surface area (Å²) in [6, 6.07) is 17.4. The lowest BCUT2D eigenvalue weighted by atomic mass is 10.1. The minimum atomic E-state index is -3.47. The quantitative estimate of drug-likeness (QED) is 0.904. The molecule has 0 atom stereocenters. The lowest BCUT2D eigenvalue weighted by molar-refractivity contribution is 0.298. The minimum Gasteiger partial charge on any atom is -0.317 e. The van der Waals surface area contributed by atoms with E-state index in [1.165, 1.54) is 0 Å². The van der Waals surface area contributed by atoms with Gasteiger partial charge in [0.15, 0.2) is 0 Å². The first kappa shape index (κ1) is 18.9. The van der Waals surface area contributed by atoms with Crippen molar-refractivity contribution in [1.82, 2.24) is 9.62 Å². The van der Waals surface area contributed by atoms with Crippen molar-refractivity contribution in [3.63, 3.8) is 0 Å². The number of nitrogens with one attached hydrogen (secondary N) is 1. The van der Waals surface area contributed by atoms with Gasteiger partial charge in [0, 0.05) is 24.7 Å². The van der Waals surface area contributed by atoms with Crippen LogP contribution in [0.15, 0.2) is 59.5 Å². The Bertz CT molecular complexity index is 758. The first-order valence-corrected chi connectivity index (χ1v) is 9.39. The molecule has 0 amide bonds. The molecule has 0 aromatic heterocycles. The third kappa shape index (κ3) is 3.81. The summed E-state index contributed by atoms with van der Waals surface area (Å²) >= 11 is 0. The molecule has 6 heteroatoms.